The quantitative estimate of drug-likeness (QED) is 0.640. The number of hydrogen-bond acceptors (Lipinski definition) is 4. The van der Waals surface area contributed by atoms with Crippen molar-refractivity contribution in [2.24, 2.45) is 4.99 Å². The lowest BCUT2D eigenvalue weighted by atomic mass is 10.2. The van der Waals surface area contributed by atoms with E-state index < -0.39 is 0 Å². The maximum atomic E-state index is 13.0. The van der Waals surface area contributed by atoms with Crippen LogP contribution >= 0.6 is 11.8 Å². The molecule has 1 aliphatic heterocycles. The topological polar surface area (TPSA) is 53.7 Å². The van der Waals surface area contributed by atoms with E-state index in [-0.39, 0.29) is 5.82 Å². The second kappa shape index (κ2) is 9.07. The highest BCUT2D eigenvalue weighted by atomic mass is 32.2. The molecule has 7 heteroatoms. The van der Waals surface area contributed by atoms with E-state index >= 15 is 0 Å². The summed E-state index contributed by atoms with van der Waals surface area (Å²) in [5.74, 6) is 2.34. The zero-order valence-corrected chi connectivity index (χ0v) is 16.1. The van der Waals surface area contributed by atoms with Crippen molar-refractivity contribution >= 4 is 17.7 Å². The van der Waals surface area contributed by atoms with Gasteiger partial charge < -0.3 is 14.6 Å². The van der Waals surface area contributed by atoms with E-state index in [2.05, 4.69) is 27.1 Å². The van der Waals surface area contributed by atoms with Crippen LogP contribution in [0.1, 0.15) is 19.0 Å². The van der Waals surface area contributed by atoms with E-state index in [0.717, 1.165) is 49.0 Å². The van der Waals surface area contributed by atoms with Crippen molar-refractivity contribution in [1.29, 1.82) is 0 Å². The fourth-order valence-corrected chi connectivity index (χ4v) is 4.12. The predicted octanol–water partition coefficient (Wildman–Crippen LogP) is 3.43. The first kappa shape index (κ1) is 18.8. The second-order valence-electron chi connectivity index (χ2n) is 6.22. The van der Waals surface area contributed by atoms with Gasteiger partial charge in [0.25, 0.3) is 0 Å². The van der Waals surface area contributed by atoms with Gasteiger partial charge in [-0.2, -0.15) is 11.8 Å². The van der Waals surface area contributed by atoms with E-state index in [1.165, 1.54) is 18.6 Å². The Labute approximate surface area is 158 Å². The minimum Gasteiger partial charge on any atom is -0.444 e. The van der Waals surface area contributed by atoms with Gasteiger partial charge in [-0.15, -0.1) is 0 Å². The Morgan fingerprint density at radius 2 is 2.23 bits per heavy atom. The number of rotatable bonds is 5. The zero-order chi connectivity index (χ0) is 18.4. The van der Waals surface area contributed by atoms with Gasteiger partial charge in [-0.1, -0.05) is 6.92 Å². The van der Waals surface area contributed by atoms with E-state index in [0.29, 0.717) is 11.1 Å². The van der Waals surface area contributed by atoms with Crippen molar-refractivity contribution in [2.45, 2.75) is 25.0 Å². The molecular weight excluding hydrogens is 351 g/mol. The summed E-state index contributed by atoms with van der Waals surface area (Å²) in [5.41, 5.74) is 1.64. The van der Waals surface area contributed by atoms with Crippen LogP contribution in [0, 0.1) is 5.82 Å². The molecule has 5 nitrogen and oxygen atoms in total. The fraction of sp³-hybridized carbons (Fsp3) is 0.474. The lowest BCUT2D eigenvalue weighted by Gasteiger charge is -2.34. The van der Waals surface area contributed by atoms with Gasteiger partial charge in [0.2, 0.25) is 5.89 Å². The number of oxazole rings is 1. The average Bonchev–Trinajstić information content (AvgIpc) is 3.15. The Balaban J connectivity index is 1.52. The summed E-state index contributed by atoms with van der Waals surface area (Å²) in [7, 11) is 1.83. The summed E-state index contributed by atoms with van der Waals surface area (Å²) in [6, 6.07) is 6.16. The van der Waals surface area contributed by atoms with E-state index in [1.807, 2.05) is 18.8 Å². The molecule has 140 valence electrons. The lowest BCUT2D eigenvalue weighted by molar-refractivity contribution is 0.408. The molecule has 1 aromatic carbocycles. The summed E-state index contributed by atoms with van der Waals surface area (Å²) in [5, 5.41) is 4.10. The van der Waals surface area contributed by atoms with Crippen LogP contribution in [-0.4, -0.2) is 53.5 Å². The molecule has 0 spiro atoms. The first-order valence-corrected chi connectivity index (χ1v) is 10.0. The van der Waals surface area contributed by atoms with Crippen molar-refractivity contribution in [3.05, 3.63) is 42.0 Å². The van der Waals surface area contributed by atoms with E-state index in [4.69, 9.17) is 4.42 Å². The maximum absolute atomic E-state index is 13.0. The number of aromatic nitrogens is 1. The molecule has 2 aromatic rings. The molecule has 1 aromatic heterocycles. The Kier molecular flexibility index (Phi) is 6.55. The van der Waals surface area contributed by atoms with Gasteiger partial charge in [-0.25, -0.2) is 9.37 Å². The third-order valence-corrected chi connectivity index (χ3v) is 5.78. The minimum absolute atomic E-state index is 0.266. The largest absolute Gasteiger partial charge is 0.444 e. The summed E-state index contributed by atoms with van der Waals surface area (Å²) in [6.45, 7) is 5.04. The number of aliphatic imine (C=N–C) groups is 1. The molecule has 1 unspecified atom stereocenters. The van der Waals surface area contributed by atoms with Gasteiger partial charge >= 0.3 is 0 Å². The Hall–Kier alpha value is -2.02. The third kappa shape index (κ3) is 4.78. The summed E-state index contributed by atoms with van der Waals surface area (Å²) < 4.78 is 18.5. The zero-order valence-electron chi connectivity index (χ0n) is 15.2. The molecule has 0 radical (unpaired) electrons. The molecule has 1 fully saturated rings. The van der Waals surface area contributed by atoms with Crippen molar-refractivity contribution in [1.82, 2.24) is 15.2 Å². The molecule has 1 saturated heterocycles. The summed E-state index contributed by atoms with van der Waals surface area (Å²) >= 11 is 2.05. The van der Waals surface area contributed by atoms with Crippen LogP contribution in [0.15, 0.2) is 39.9 Å². The Morgan fingerprint density at radius 3 is 2.96 bits per heavy atom. The first-order valence-electron chi connectivity index (χ1n) is 8.97. The maximum Gasteiger partial charge on any atom is 0.226 e. The Morgan fingerprint density at radius 1 is 1.42 bits per heavy atom. The van der Waals surface area contributed by atoms with Crippen LogP contribution in [-0.2, 0) is 6.42 Å². The Bertz CT molecular complexity index is 731. The number of hydrogen-bond donors (Lipinski definition) is 1. The molecule has 2 heterocycles. The smallest absolute Gasteiger partial charge is 0.226 e. The van der Waals surface area contributed by atoms with Crippen LogP contribution in [0.5, 0.6) is 0 Å². The molecule has 3 rings (SSSR count). The van der Waals surface area contributed by atoms with Crippen molar-refractivity contribution in [3.8, 4) is 11.5 Å². The number of guanidine groups is 1. The van der Waals surface area contributed by atoms with Crippen molar-refractivity contribution in [2.75, 3.05) is 32.4 Å². The van der Waals surface area contributed by atoms with Gasteiger partial charge in [0, 0.05) is 49.7 Å². The van der Waals surface area contributed by atoms with Crippen molar-refractivity contribution in [3.63, 3.8) is 0 Å². The van der Waals surface area contributed by atoms with Gasteiger partial charge in [-0.05, 0) is 30.7 Å². The van der Waals surface area contributed by atoms with E-state index in [1.54, 1.807) is 18.4 Å². The lowest BCUT2D eigenvalue weighted by Crippen LogP contribution is -2.48. The van der Waals surface area contributed by atoms with Crippen LogP contribution in [0.2, 0.25) is 0 Å². The van der Waals surface area contributed by atoms with Crippen LogP contribution in [0.4, 0.5) is 4.39 Å². The molecule has 0 amide bonds. The molecule has 1 N–H and O–H groups in total. The predicted molar refractivity (Wildman–Crippen MR) is 105 cm³/mol. The second-order valence-corrected chi connectivity index (χ2v) is 7.63. The van der Waals surface area contributed by atoms with Gasteiger partial charge in [0.15, 0.2) is 5.96 Å². The number of nitrogens with one attached hydrogen (secondary N) is 1. The van der Waals surface area contributed by atoms with Gasteiger partial charge in [-0.3, -0.25) is 4.99 Å². The minimum atomic E-state index is -0.266. The monoisotopic (exact) mass is 376 g/mol. The number of thioether (sulfide) groups is 1. The van der Waals surface area contributed by atoms with Crippen LogP contribution in [0.25, 0.3) is 11.5 Å². The highest BCUT2D eigenvalue weighted by Crippen LogP contribution is 2.21. The van der Waals surface area contributed by atoms with Gasteiger partial charge in [0.05, 0.1) is 5.69 Å². The van der Waals surface area contributed by atoms with Crippen molar-refractivity contribution < 1.29 is 8.81 Å². The highest BCUT2D eigenvalue weighted by molar-refractivity contribution is 8.00. The van der Waals surface area contributed by atoms with Crippen LogP contribution in [0.3, 0.4) is 0 Å². The highest BCUT2D eigenvalue weighted by Gasteiger charge is 2.21. The summed E-state index contributed by atoms with van der Waals surface area (Å²) in [4.78, 5) is 11.2. The normalized spacial score (nSPS) is 18.2. The van der Waals surface area contributed by atoms with Gasteiger partial charge in [0.1, 0.15) is 12.1 Å². The molecule has 1 atom stereocenters. The standard InChI is InChI=1S/C19H25FN4OS/c1-3-17-12-24(10-11-26-17)19(21-2)22-9-8-16-13-25-18(23-16)14-4-6-15(20)7-5-14/h4-7,13,17H,3,8-12H2,1-2H3,(H,21,22). The average molecular weight is 377 g/mol. The van der Waals surface area contributed by atoms with E-state index in [9.17, 15) is 4.39 Å². The molecular formula is C19H25FN4OS. The van der Waals surface area contributed by atoms with Crippen LogP contribution < -0.4 is 5.32 Å². The molecule has 26 heavy (non-hydrogen) atoms. The molecule has 1 aliphatic rings. The SMILES string of the molecule is CCC1CN(C(=NC)NCCc2coc(-c3ccc(F)cc3)n2)CCS1. The fourth-order valence-electron chi connectivity index (χ4n) is 2.94. The molecule has 0 aliphatic carbocycles. The number of halogens is 1. The molecule has 0 saturated carbocycles. The third-order valence-electron chi connectivity index (χ3n) is 4.41. The number of nitrogens with zero attached hydrogens (tertiary/aromatic N) is 3. The number of benzene rings is 1. The first-order chi connectivity index (χ1) is 12.7. The molecule has 0 bridgehead atoms. The summed E-state index contributed by atoms with van der Waals surface area (Å²) in [6.07, 6.45) is 3.58.